The first kappa shape index (κ1) is 13.8. The average molecular weight is 291 g/mol. The molecule has 1 nitrogen and oxygen atoms in total. The molecule has 0 bridgehead atoms. The van der Waals surface area contributed by atoms with Crippen LogP contribution in [0.4, 0.5) is 17.6 Å². The molecule has 0 saturated heterocycles. The largest absolute Gasteiger partial charge is 0.383 e. The van der Waals surface area contributed by atoms with Crippen LogP contribution in [-0.2, 0) is 0 Å². The molecule has 1 N–H and O–H groups in total. The molecule has 0 radical (unpaired) electrons. The zero-order valence-corrected chi connectivity index (χ0v) is 10.1. The summed E-state index contributed by atoms with van der Waals surface area (Å²) in [5.41, 5.74) is -1.32. The zero-order chi connectivity index (χ0) is 14.2. The molecule has 0 spiro atoms. The predicted molar refractivity (Wildman–Crippen MR) is 61.8 cm³/mol. The van der Waals surface area contributed by atoms with Crippen LogP contribution in [0, 0.1) is 23.3 Å². The van der Waals surface area contributed by atoms with Crippen molar-refractivity contribution < 1.29 is 22.7 Å². The SMILES string of the molecule is OC(c1c(F)cc(F)cc1F)c1c(F)cccc1Cl. The van der Waals surface area contributed by atoms with E-state index in [1.807, 2.05) is 0 Å². The van der Waals surface area contributed by atoms with Crippen LogP contribution in [0.5, 0.6) is 0 Å². The van der Waals surface area contributed by atoms with E-state index in [-0.39, 0.29) is 5.02 Å². The molecule has 0 amide bonds. The number of rotatable bonds is 2. The van der Waals surface area contributed by atoms with Gasteiger partial charge in [-0.3, -0.25) is 0 Å². The lowest BCUT2D eigenvalue weighted by molar-refractivity contribution is 0.203. The maximum Gasteiger partial charge on any atom is 0.135 e. The van der Waals surface area contributed by atoms with Crippen molar-refractivity contribution in [3.05, 3.63) is 69.8 Å². The number of aliphatic hydroxyl groups is 1. The van der Waals surface area contributed by atoms with Crippen molar-refractivity contribution in [3.63, 3.8) is 0 Å². The molecule has 100 valence electrons. The fourth-order valence-electron chi connectivity index (χ4n) is 1.73. The van der Waals surface area contributed by atoms with E-state index in [2.05, 4.69) is 0 Å². The van der Waals surface area contributed by atoms with Gasteiger partial charge >= 0.3 is 0 Å². The zero-order valence-electron chi connectivity index (χ0n) is 9.30. The number of hydrogen-bond donors (Lipinski definition) is 1. The van der Waals surface area contributed by atoms with Crippen LogP contribution in [0.1, 0.15) is 17.2 Å². The van der Waals surface area contributed by atoms with Gasteiger partial charge in [0, 0.05) is 22.7 Å². The minimum absolute atomic E-state index is 0.185. The quantitative estimate of drug-likeness (QED) is 0.830. The Morgan fingerprint density at radius 1 is 0.895 bits per heavy atom. The highest BCUT2D eigenvalue weighted by molar-refractivity contribution is 6.31. The van der Waals surface area contributed by atoms with Crippen LogP contribution in [0.15, 0.2) is 30.3 Å². The van der Waals surface area contributed by atoms with E-state index in [1.54, 1.807) is 0 Å². The van der Waals surface area contributed by atoms with Crippen LogP contribution < -0.4 is 0 Å². The Morgan fingerprint density at radius 2 is 1.47 bits per heavy atom. The second-order valence-electron chi connectivity index (χ2n) is 3.82. The molecule has 2 rings (SSSR count). The summed E-state index contributed by atoms with van der Waals surface area (Å²) in [7, 11) is 0. The highest BCUT2D eigenvalue weighted by Crippen LogP contribution is 2.33. The van der Waals surface area contributed by atoms with Crippen LogP contribution in [0.3, 0.4) is 0 Å². The van der Waals surface area contributed by atoms with E-state index in [4.69, 9.17) is 11.6 Å². The molecule has 2 aromatic carbocycles. The smallest absolute Gasteiger partial charge is 0.135 e. The Hall–Kier alpha value is -1.59. The minimum Gasteiger partial charge on any atom is -0.383 e. The van der Waals surface area contributed by atoms with Gasteiger partial charge in [0.25, 0.3) is 0 Å². The second kappa shape index (κ2) is 5.19. The van der Waals surface area contributed by atoms with Crippen LogP contribution in [0.25, 0.3) is 0 Å². The molecular weight excluding hydrogens is 284 g/mol. The van der Waals surface area contributed by atoms with Crippen molar-refractivity contribution >= 4 is 11.6 Å². The summed E-state index contributed by atoms with van der Waals surface area (Å²) in [5, 5.41) is 9.69. The predicted octanol–water partition coefficient (Wildman–Crippen LogP) is 3.98. The summed E-state index contributed by atoms with van der Waals surface area (Å²) in [6.45, 7) is 0. The van der Waals surface area contributed by atoms with Crippen molar-refractivity contribution in [1.29, 1.82) is 0 Å². The molecule has 1 atom stereocenters. The summed E-state index contributed by atoms with van der Waals surface area (Å²) in [5.74, 6) is -4.68. The van der Waals surface area contributed by atoms with E-state index in [0.717, 1.165) is 6.07 Å². The summed E-state index contributed by atoms with van der Waals surface area (Å²) < 4.78 is 53.3. The number of benzene rings is 2. The molecule has 6 heteroatoms. The number of halogens is 5. The van der Waals surface area contributed by atoms with Gasteiger partial charge in [-0.2, -0.15) is 0 Å². The molecule has 0 aliphatic rings. The van der Waals surface area contributed by atoms with Gasteiger partial charge in [-0.25, -0.2) is 17.6 Å². The van der Waals surface area contributed by atoms with Crippen LogP contribution in [0.2, 0.25) is 5.02 Å². The molecule has 0 aromatic heterocycles. The monoisotopic (exact) mass is 290 g/mol. The summed E-state index contributed by atoms with van der Waals surface area (Å²) >= 11 is 5.69. The first-order valence-electron chi connectivity index (χ1n) is 5.18. The van der Waals surface area contributed by atoms with Crippen molar-refractivity contribution in [2.45, 2.75) is 6.10 Å². The number of aliphatic hydroxyl groups excluding tert-OH is 1. The molecule has 19 heavy (non-hydrogen) atoms. The Bertz CT molecular complexity index is 587. The van der Waals surface area contributed by atoms with Gasteiger partial charge in [-0.05, 0) is 12.1 Å². The molecule has 0 aliphatic carbocycles. The average Bonchev–Trinajstić information content (AvgIpc) is 2.26. The van der Waals surface area contributed by atoms with E-state index in [9.17, 15) is 22.7 Å². The molecule has 0 fully saturated rings. The fraction of sp³-hybridized carbons (Fsp3) is 0.0769. The lowest BCUT2D eigenvalue weighted by atomic mass is 10.00. The first-order chi connectivity index (χ1) is 8.91. The van der Waals surface area contributed by atoms with Gasteiger partial charge in [-0.15, -0.1) is 0 Å². The van der Waals surface area contributed by atoms with Crippen LogP contribution in [-0.4, -0.2) is 5.11 Å². The molecule has 2 aromatic rings. The minimum atomic E-state index is -1.96. The molecule has 0 aliphatic heterocycles. The Morgan fingerprint density at radius 3 is 2.00 bits per heavy atom. The second-order valence-corrected chi connectivity index (χ2v) is 4.23. The standard InChI is InChI=1S/C13H7ClF4O/c14-7-2-1-3-8(16)11(7)13(19)12-9(17)4-6(15)5-10(12)18/h1-5,13,19H. The normalized spacial score (nSPS) is 12.5. The third kappa shape index (κ3) is 2.57. The highest BCUT2D eigenvalue weighted by atomic mass is 35.5. The molecule has 0 heterocycles. The van der Waals surface area contributed by atoms with Crippen molar-refractivity contribution in [3.8, 4) is 0 Å². The van der Waals surface area contributed by atoms with Gasteiger partial charge in [0.1, 0.15) is 29.4 Å². The third-order valence-electron chi connectivity index (χ3n) is 2.59. The van der Waals surface area contributed by atoms with E-state index in [1.165, 1.54) is 12.1 Å². The van der Waals surface area contributed by atoms with E-state index in [0.29, 0.717) is 12.1 Å². The van der Waals surface area contributed by atoms with Crippen molar-refractivity contribution in [2.24, 2.45) is 0 Å². The maximum absolute atomic E-state index is 13.6. The maximum atomic E-state index is 13.6. The van der Waals surface area contributed by atoms with Gasteiger partial charge in [0.15, 0.2) is 0 Å². The Kier molecular flexibility index (Phi) is 3.78. The summed E-state index contributed by atoms with van der Waals surface area (Å²) in [4.78, 5) is 0. The Balaban J connectivity index is 2.60. The molecule has 0 saturated carbocycles. The summed E-state index contributed by atoms with van der Waals surface area (Å²) in [6.07, 6.45) is -1.96. The highest BCUT2D eigenvalue weighted by Gasteiger charge is 2.25. The fourth-order valence-corrected chi connectivity index (χ4v) is 2.00. The molecular formula is C13H7ClF4O. The lowest BCUT2D eigenvalue weighted by Crippen LogP contribution is -2.09. The Labute approximate surface area is 111 Å². The van der Waals surface area contributed by atoms with Gasteiger partial charge in [-0.1, -0.05) is 17.7 Å². The number of hydrogen-bond acceptors (Lipinski definition) is 1. The van der Waals surface area contributed by atoms with E-state index >= 15 is 0 Å². The topological polar surface area (TPSA) is 20.2 Å². The van der Waals surface area contributed by atoms with Crippen molar-refractivity contribution in [2.75, 3.05) is 0 Å². The van der Waals surface area contributed by atoms with E-state index < -0.39 is 40.5 Å². The van der Waals surface area contributed by atoms with Crippen LogP contribution >= 0.6 is 11.6 Å². The third-order valence-corrected chi connectivity index (χ3v) is 2.92. The van der Waals surface area contributed by atoms with Crippen molar-refractivity contribution in [1.82, 2.24) is 0 Å². The summed E-state index contributed by atoms with van der Waals surface area (Å²) in [6, 6.07) is 4.34. The van der Waals surface area contributed by atoms with Gasteiger partial charge in [0.05, 0.1) is 5.56 Å². The first-order valence-corrected chi connectivity index (χ1v) is 5.56. The van der Waals surface area contributed by atoms with Gasteiger partial charge < -0.3 is 5.11 Å². The lowest BCUT2D eigenvalue weighted by Gasteiger charge is -2.15. The van der Waals surface area contributed by atoms with Gasteiger partial charge in [0.2, 0.25) is 0 Å². The molecule has 1 unspecified atom stereocenters.